The fraction of sp³-hybridized carbons (Fsp3) is 0.385. The Hall–Kier alpha value is -3.26. The maximum Gasteiger partial charge on any atom is 0.290 e. The molecule has 2 aromatic heterocycles. The Morgan fingerprint density at radius 3 is 2.59 bits per heavy atom. The summed E-state index contributed by atoms with van der Waals surface area (Å²) in [6.07, 6.45) is 2.25. The van der Waals surface area contributed by atoms with E-state index in [-0.39, 0.29) is 36.8 Å². The van der Waals surface area contributed by atoms with Crippen molar-refractivity contribution in [2.45, 2.75) is 38.8 Å². The van der Waals surface area contributed by atoms with Crippen LogP contribution in [0.3, 0.4) is 0 Å². The molecule has 1 atom stereocenters. The molecule has 0 saturated heterocycles. The lowest BCUT2D eigenvalue weighted by Crippen LogP contribution is -2.53. The summed E-state index contributed by atoms with van der Waals surface area (Å²) in [5, 5.41) is 2.05. The molecule has 4 rings (SSSR count). The molecule has 0 fully saturated rings. The van der Waals surface area contributed by atoms with Gasteiger partial charge in [0.15, 0.2) is 17.3 Å². The maximum atomic E-state index is 13.6. The number of amides is 2. The average Bonchev–Trinajstić information content (AvgIpc) is 3.52. The minimum Gasteiger partial charge on any atom is -0.493 e. The lowest BCUT2D eigenvalue weighted by molar-refractivity contribution is -0.136. The van der Waals surface area contributed by atoms with E-state index in [1.165, 1.54) is 11.1 Å². The first-order chi connectivity index (χ1) is 16.3. The Labute approximate surface area is 203 Å². The molecule has 0 N–H and O–H groups in total. The highest BCUT2D eigenvalue weighted by Crippen LogP contribution is 2.35. The number of rotatable bonds is 7. The van der Waals surface area contributed by atoms with E-state index in [1.807, 2.05) is 49.9 Å². The summed E-state index contributed by atoms with van der Waals surface area (Å²) in [6, 6.07) is 12.6. The highest BCUT2D eigenvalue weighted by molar-refractivity contribution is 7.10. The predicted molar refractivity (Wildman–Crippen MR) is 130 cm³/mol. The zero-order valence-electron chi connectivity index (χ0n) is 19.9. The summed E-state index contributed by atoms with van der Waals surface area (Å²) in [5.74, 6) is 1.06. The number of furan rings is 1. The molecular weight excluding hydrogens is 452 g/mol. The molecule has 3 aromatic rings. The number of thiophene rings is 1. The van der Waals surface area contributed by atoms with Crippen LogP contribution in [0.1, 0.15) is 47.8 Å². The van der Waals surface area contributed by atoms with Gasteiger partial charge in [-0.1, -0.05) is 12.1 Å². The van der Waals surface area contributed by atoms with Crippen molar-refractivity contribution < 1.29 is 23.5 Å². The molecule has 8 heteroatoms. The van der Waals surface area contributed by atoms with Crippen LogP contribution in [0.25, 0.3) is 0 Å². The fourth-order valence-corrected chi connectivity index (χ4v) is 5.08. The lowest BCUT2D eigenvalue weighted by atomic mass is 9.99. The number of fused-ring (bicyclic) bond motifs is 1. The molecule has 0 radical (unpaired) electrons. The molecule has 0 unspecified atom stereocenters. The second kappa shape index (κ2) is 9.93. The third kappa shape index (κ3) is 4.97. The maximum absolute atomic E-state index is 13.6. The van der Waals surface area contributed by atoms with Crippen LogP contribution in [0.15, 0.2) is 58.5 Å². The van der Waals surface area contributed by atoms with E-state index >= 15 is 0 Å². The minimum atomic E-state index is -0.563. The number of ether oxygens (including phenoxy) is 2. The van der Waals surface area contributed by atoms with Gasteiger partial charge in [0.25, 0.3) is 5.91 Å². The molecule has 2 amide bonds. The SMILES string of the molecule is COc1ccccc1OC[C@H]1c2ccsc2CCN1C(=O)CN(C(=O)c1ccco1)C(C)(C)C. The topological polar surface area (TPSA) is 72.2 Å². The lowest BCUT2D eigenvalue weighted by Gasteiger charge is -2.40. The van der Waals surface area contributed by atoms with Crippen molar-refractivity contribution in [1.82, 2.24) is 9.80 Å². The van der Waals surface area contributed by atoms with Crippen LogP contribution in [0.2, 0.25) is 0 Å². The van der Waals surface area contributed by atoms with Crippen LogP contribution >= 0.6 is 11.3 Å². The molecule has 34 heavy (non-hydrogen) atoms. The minimum absolute atomic E-state index is 0.0480. The molecule has 0 bridgehead atoms. The molecular formula is C26H30N2O5S. The van der Waals surface area contributed by atoms with Gasteiger partial charge in [-0.25, -0.2) is 0 Å². The summed E-state index contributed by atoms with van der Waals surface area (Å²) in [7, 11) is 1.60. The van der Waals surface area contributed by atoms with Crippen molar-refractivity contribution in [1.29, 1.82) is 0 Å². The smallest absolute Gasteiger partial charge is 0.290 e. The van der Waals surface area contributed by atoms with Gasteiger partial charge in [-0.05, 0) is 68.5 Å². The van der Waals surface area contributed by atoms with Gasteiger partial charge in [0.1, 0.15) is 13.2 Å². The number of methoxy groups -OCH3 is 1. The fourth-order valence-electron chi connectivity index (χ4n) is 4.15. The van der Waals surface area contributed by atoms with E-state index in [0.717, 1.165) is 12.0 Å². The van der Waals surface area contributed by atoms with Gasteiger partial charge in [-0.15, -0.1) is 11.3 Å². The van der Waals surface area contributed by atoms with Crippen LogP contribution in [-0.4, -0.2) is 54.0 Å². The number of carbonyl (C=O) groups is 2. The molecule has 1 aliphatic heterocycles. The van der Waals surface area contributed by atoms with E-state index in [1.54, 1.807) is 35.5 Å². The Morgan fingerprint density at radius 1 is 1.15 bits per heavy atom. The van der Waals surface area contributed by atoms with E-state index in [0.29, 0.717) is 18.0 Å². The first-order valence-electron chi connectivity index (χ1n) is 11.3. The second-order valence-corrected chi connectivity index (χ2v) is 10.2. The van der Waals surface area contributed by atoms with Crippen LogP contribution in [0.5, 0.6) is 11.5 Å². The first-order valence-corrected chi connectivity index (χ1v) is 12.1. The zero-order valence-corrected chi connectivity index (χ0v) is 20.8. The molecule has 7 nitrogen and oxygen atoms in total. The van der Waals surface area contributed by atoms with Crippen molar-refractivity contribution >= 4 is 23.2 Å². The first kappa shape index (κ1) is 23.9. The monoisotopic (exact) mass is 482 g/mol. The van der Waals surface area contributed by atoms with Crippen molar-refractivity contribution in [3.8, 4) is 11.5 Å². The number of hydrogen-bond donors (Lipinski definition) is 0. The van der Waals surface area contributed by atoms with Gasteiger partial charge in [-0.2, -0.15) is 0 Å². The Bertz CT molecular complexity index is 1130. The Morgan fingerprint density at radius 2 is 1.91 bits per heavy atom. The Balaban J connectivity index is 1.56. The third-order valence-corrected chi connectivity index (χ3v) is 6.96. The van der Waals surface area contributed by atoms with Crippen molar-refractivity contribution in [3.63, 3.8) is 0 Å². The standard InChI is InChI=1S/C26H30N2O5S/c1-26(2,3)28(25(30)22-10-7-14-32-22)16-24(29)27-13-11-23-18(12-15-34-23)19(27)17-33-21-9-6-5-8-20(21)31-4/h5-10,12,14-15,19H,11,13,16-17H2,1-4H3/t19-/m0/s1. The quantitative estimate of drug-likeness (QED) is 0.484. The van der Waals surface area contributed by atoms with E-state index in [2.05, 4.69) is 11.4 Å². The van der Waals surface area contributed by atoms with Crippen LogP contribution in [0.4, 0.5) is 0 Å². The normalized spacial score (nSPS) is 15.5. The predicted octanol–water partition coefficient (Wildman–Crippen LogP) is 4.80. The summed E-state index contributed by atoms with van der Waals surface area (Å²) >= 11 is 1.70. The molecule has 0 saturated carbocycles. The van der Waals surface area contributed by atoms with Gasteiger partial charge < -0.3 is 23.7 Å². The summed E-state index contributed by atoms with van der Waals surface area (Å²) in [5.41, 5.74) is 0.533. The average molecular weight is 483 g/mol. The summed E-state index contributed by atoms with van der Waals surface area (Å²) in [4.78, 5) is 31.4. The number of nitrogens with zero attached hydrogens (tertiary/aromatic N) is 2. The molecule has 3 heterocycles. The number of hydrogen-bond acceptors (Lipinski definition) is 6. The van der Waals surface area contributed by atoms with Crippen molar-refractivity contribution in [2.24, 2.45) is 0 Å². The highest BCUT2D eigenvalue weighted by atomic mass is 32.1. The molecule has 180 valence electrons. The van der Waals surface area contributed by atoms with Crippen molar-refractivity contribution in [3.05, 3.63) is 70.3 Å². The Kier molecular flexibility index (Phi) is 6.97. The summed E-state index contributed by atoms with van der Waals surface area (Å²) < 4.78 is 16.9. The molecule has 1 aliphatic rings. The van der Waals surface area contributed by atoms with E-state index < -0.39 is 5.54 Å². The van der Waals surface area contributed by atoms with Crippen LogP contribution < -0.4 is 9.47 Å². The number of para-hydroxylation sites is 2. The van der Waals surface area contributed by atoms with Gasteiger partial charge >= 0.3 is 0 Å². The van der Waals surface area contributed by atoms with Gasteiger partial charge in [0.05, 0.1) is 19.4 Å². The number of carbonyl (C=O) groups excluding carboxylic acids is 2. The molecule has 1 aromatic carbocycles. The van der Waals surface area contributed by atoms with Crippen LogP contribution in [-0.2, 0) is 11.2 Å². The van der Waals surface area contributed by atoms with E-state index in [9.17, 15) is 9.59 Å². The molecule has 0 aliphatic carbocycles. The summed E-state index contributed by atoms with van der Waals surface area (Å²) in [6.45, 7) is 6.55. The second-order valence-electron chi connectivity index (χ2n) is 9.15. The van der Waals surface area contributed by atoms with Gasteiger partial charge in [0.2, 0.25) is 5.91 Å². The zero-order chi connectivity index (χ0) is 24.3. The van der Waals surface area contributed by atoms with Crippen molar-refractivity contribution in [2.75, 3.05) is 26.8 Å². The van der Waals surface area contributed by atoms with Crippen LogP contribution in [0, 0.1) is 0 Å². The van der Waals surface area contributed by atoms with Gasteiger partial charge in [-0.3, -0.25) is 9.59 Å². The highest BCUT2D eigenvalue weighted by Gasteiger charge is 2.36. The molecule has 0 spiro atoms. The van der Waals surface area contributed by atoms with E-state index in [4.69, 9.17) is 13.9 Å². The number of benzene rings is 1. The third-order valence-electron chi connectivity index (χ3n) is 5.96. The van der Waals surface area contributed by atoms with Gasteiger partial charge in [0, 0.05) is 17.0 Å². The largest absolute Gasteiger partial charge is 0.493 e.